The van der Waals surface area contributed by atoms with Crippen molar-refractivity contribution in [2.24, 2.45) is 0 Å². The molecule has 6 heteroatoms. The van der Waals surface area contributed by atoms with Gasteiger partial charge in [0, 0.05) is 24.5 Å². The molecule has 1 aromatic heterocycles. The number of aromatic nitrogens is 2. The zero-order valence-corrected chi connectivity index (χ0v) is 10.8. The monoisotopic (exact) mass is 255 g/mol. The van der Waals surface area contributed by atoms with E-state index in [-0.39, 0.29) is 0 Å². The number of thioether (sulfide) groups is 1. The molecule has 0 saturated heterocycles. The van der Waals surface area contributed by atoms with Gasteiger partial charge in [-0.15, -0.1) is 0 Å². The van der Waals surface area contributed by atoms with Gasteiger partial charge in [0.2, 0.25) is 0 Å². The lowest BCUT2D eigenvalue weighted by atomic mass is 10.2. The van der Waals surface area contributed by atoms with Crippen LogP contribution in [0.4, 0.5) is 0 Å². The summed E-state index contributed by atoms with van der Waals surface area (Å²) in [6, 6.07) is -0.510. The highest BCUT2D eigenvalue weighted by molar-refractivity contribution is 7.98. The first-order chi connectivity index (χ1) is 8.13. The largest absolute Gasteiger partial charge is 0.480 e. The average Bonchev–Trinajstić information content (AvgIpc) is 2.31. The van der Waals surface area contributed by atoms with Crippen molar-refractivity contribution in [3.05, 3.63) is 23.8 Å². The van der Waals surface area contributed by atoms with Crippen molar-refractivity contribution in [3.8, 4) is 0 Å². The van der Waals surface area contributed by atoms with E-state index < -0.39 is 12.0 Å². The van der Waals surface area contributed by atoms with Gasteiger partial charge in [0.05, 0.1) is 0 Å². The molecule has 1 heterocycles. The van der Waals surface area contributed by atoms with E-state index in [9.17, 15) is 4.79 Å². The van der Waals surface area contributed by atoms with Gasteiger partial charge < -0.3 is 10.4 Å². The average molecular weight is 255 g/mol. The van der Waals surface area contributed by atoms with Crippen LogP contribution in [0.3, 0.4) is 0 Å². The Morgan fingerprint density at radius 1 is 1.53 bits per heavy atom. The molecule has 2 N–H and O–H groups in total. The van der Waals surface area contributed by atoms with Crippen molar-refractivity contribution in [2.45, 2.75) is 25.9 Å². The number of nitrogens with zero attached hydrogens (tertiary/aromatic N) is 2. The van der Waals surface area contributed by atoms with Crippen molar-refractivity contribution in [3.63, 3.8) is 0 Å². The van der Waals surface area contributed by atoms with Gasteiger partial charge in [0.15, 0.2) is 0 Å². The second-order valence-corrected chi connectivity index (χ2v) is 4.68. The van der Waals surface area contributed by atoms with Crippen LogP contribution in [0.2, 0.25) is 0 Å². The lowest BCUT2D eigenvalue weighted by Crippen LogP contribution is -2.36. The maximum atomic E-state index is 11.0. The Hall–Kier alpha value is -1.14. The molecule has 0 fully saturated rings. The minimum atomic E-state index is -0.813. The summed E-state index contributed by atoms with van der Waals surface area (Å²) in [5, 5.41) is 12.0. The van der Waals surface area contributed by atoms with Crippen LogP contribution in [0.25, 0.3) is 0 Å². The van der Waals surface area contributed by atoms with E-state index in [4.69, 9.17) is 5.11 Å². The Labute approximate surface area is 105 Å². The topological polar surface area (TPSA) is 75.1 Å². The molecule has 1 rings (SSSR count). The predicted molar refractivity (Wildman–Crippen MR) is 68.0 cm³/mol. The third-order valence-corrected chi connectivity index (χ3v) is 2.94. The summed E-state index contributed by atoms with van der Waals surface area (Å²) in [4.78, 5) is 19.1. The van der Waals surface area contributed by atoms with Gasteiger partial charge in [0.25, 0.3) is 0 Å². The number of nitrogens with one attached hydrogen (secondary N) is 1. The van der Waals surface area contributed by atoms with Crippen molar-refractivity contribution in [1.82, 2.24) is 15.3 Å². The molecule has 0 spiro atoms. The summed E-state index contributed by atoms with van der Waals surface area (Å²) in [7, 11) is 0. The summed E-state index contributed by atoms with van der Waals surface area (Å²) < 4.78 is 0. The quantitative estimate of drug-likeness (QED) is 0.759. The number of hydrogen-bond donors (Lipinski definition) is 2. The van der Waals surface area contributed by atoms with Crippen molar-refractivity contribution < 1.29 is 9.90 Å². The number of carboxylic acids is 1. The number of rotatable bonds is 7. The maximum absolute atomic E-state index is 11.0. The maximum Gasteiger partial charge on any atom is 0.320 e. The van der Waals surface area contributed by atoms with E-state index in [1.807, 2.05) is 13.2 Å². The molecule has 0 aliphatic heterocycles. The fourth-order valence-electron chi connectivity index (χ4n) is 1.30. The highest BCUT2D eigenvalue weighted by atomic mass is 32.2. The second-order valence-electron chi connectivity index (χ2n) is 3.69. The molecule has 0 radical (unpaired) electrons. The molecule has 0 bridgehead atoms. The minimum absolute atomic E-state index is 0.478. The third kappa shape index (κ3) is 5.14. The lowest BCUT2D eigenvalue weighted by molar-refractivity contribution is -0.139. The van der Waals surface area contributed by atoms with Crippen LogP contribution in [-0.4, -0.2) is 39.1 Å². The molecule has 0 aliphatic rings. The van der Waals surface area contributed by atoms with Crippen LogP contribution < -0.4 is 5.32 Å². The Bertz CT molecular complexity index is 356. The van der Waals surface area contributed by atoms with Gasteiger partial charge in [-0.1, -0.05) is 0 Å². The zero-order valence-electron chi connectivity index (χ0n) is 10.0. The second kappa shape index (κ2) is 7.24. The van der Waals surface area contributed by atoms with E-state index in [0.29, 0.717) is 18.8 Å². The van der Waals surface area contributed by atoms with E-state index in [2.05, 4.69) is 15.3 Å². The molecule has 0 aromatic carbocycles. The first kappa shape index (κ1) is 13.9. The SMILES string of the molecule is CSCC[C@@H](NCc1cnc(C)nc1)C(=O)O. The van der Waals surface area contributed by atoms with Crippen molar-refractivity contribution >= 4 is 17.7 Å². The van der Waals surface area contributed by atoms with Crippen LogP contribution in [0.5, 0.6) is 0 Å². The molecule has 17 heavy (non-hydrogen) atoms. The molecular weight excluding hydrogens is 238 g/mol. The molecule has 1 atom stereocenters. The molecule has 0 saturated carbocycles. The van der Waals surface area contributed by atoms with Gasteiger partial charge in [-0.3, -0.25) is 4.79 Å². The minimum Gasteiger partial charge on any atom is -0.480 e. The Kier molecular flexibility index (Phi) is 5.93. The van der Waals surface area contributed by atoms with Gasteiger partial charge in [-0.2, -0.15) is 11.8 Å². The van der Waals surface area contributed by atoms with Crippen molar-refractivity contribution in [1.29, 1.82) is 0 Å². The summed E-state index contributed by atoms with van der Waals surface area (Å²) in [6.07, 6.45) is 6.00. The number of hydrogen-bond acceptors (Lipinski definition) is 5. The highest BCUT2D eigenvalue weighted by Crippen LogP contribution is 2.03. The van der Waals surface area contributed by atoms with Crippen LogP contribution in [0.1, 0.15) is 17.8 Å². The molecule has 5 nitrogen and oxygen atoms in total. The number of carbonyl (C=O) groups is 1. The number of aliphatic carboxylic acids is 1. The molecular formula is C11H17N3O2S. The molecule has 0 aliphatic carbocycles. The van der Waals surface area contributed by atoms with Gasteiger partial charge >= 0.3 is 5.97 Å². The van der Waals surface area contributed by atoms with Crippen LogP contribution in [0, 0.1) is 6.92 Å². The lowest BCUT2D eigenvalue weighted by Gasteiger charge is -2.13. The number of carboxylic acid groups (broad SMARTS) is 1. The van der Waals surface area contributed by atoms with E-state index in [1.54, 1.807) is 24.2 Å². The van der Waals surface area contributed by atoms with E-state index in [0.717, 1.165) is 11.3 Å². The van der Waals surface area contributed by atoms with Gasteiger partial charge in [-0.25, -0.2) is 9.97 Å². The summed E-state index contributed by atoms with van der Waals surface area (Å²) >= 11 is 1.64. The first-order valence-corrected chi connectivity index (χ1v) is 6.75. The third-order valence-electron chi connectivity index (χ3n) is 2.30. The van der Waals surface area contributed by atoms with Crippen LogP contribution in [-0.2, 0) is 11.3 Å². The summed E-state index contributed by atoms with van der Waals surface area (Å²) in [5.41, 5.74) is 0.894. The fourth-order valence-corrected chi connectivity index (χ4v) is 1.77. The highest BCUT2D eigenvalue weighted by Gasteiger charge is 2.15. The Balaban J connectivity index is 2.45. The molecule has 0 unspecified atom stereocenters. The zero-order chi connectivity index (χ0) is 12.7. The van der Waals surface area contributed by atoms with Gasteiger partial charge in [0.1, 0.15) is 11.9 Å². The molecule has 94 valence electrons. The fraction of sp³-hybridized carbons (Fsp3) is 0.545. The van der Waals surface area contributed by atoms with E-state index >= 15 is 0 Å². The van der Waals surface area contributed by atoms with Crippen molar-refractivity contribution in [2.75, 3.05) is 12.0 Å². The first-order valence-electron chi connectivity index (χ1n) is 5.36. The summed E-state index contributed by atoms with van der Waals surface area (Å²) in [6.45, 7) is 2.29. The smallest absolute Gasteiger partial charge is 0.320 e. The van der Waals surface area contributed by atoms with E-state index in [1.165, 1.54) is 0 Å². The Morgan fingerprint density at radius 3 is 2.71 bits per heavy atom. The van der Waals surface area contributed by atoms with Gasteiger partial charge in [-0.05, 0) is 25.4 Å². The molecule has 1 aromatic rings. The van der Waals surface area contributed by atoms with Crippen LogP contribution in [0.15, 0.2) is 12.4 Å². The Morgan fingerprint density at radius 2 is 2.18 bits per heavy atom. The summed E-state index contributed by atoms with van der Waals surface area (Å²) in [5.74, 6) is 0.729. The number of aryl methyl sites for hydroxylation is 1. The van der Waals surface area contributed by atoms with Crippen LogP contribution >= 0.6 is 11.8 Å². The predicted octanol–water partition coefficient (Wildman–Crippen LogP) is 1.08. The standard InChI is InChI=1S/C11H17N3O2S/c1-8-12-5-9(6-13-8)7-14-10(11(15)16)3-4-17-2/h5-6,10,14H,3-4,7H2,1-2H3,(H,15,16)/t10-/m1/s1. The normalized spacial score (nSPS) is 12.4. The molecule has 0 amide bonds.